The van der Waals surface area contributed by atoms with E-state index >= 15 is 0 Å². The highest BCUT2D eigenvalue weighted by Crippen LogP contribution is 2.44. The molecule has 2 unspecified atom stereocenters. The largest absolute Gasteiger partial charge is 0.481 e. The Labute approximate surface area is 200 Å². The van der Waals surface area contributed by atoms with Gasteiger partial charge >= 0.3 is 12.1 Å². The summed E-state index contributed by atoms with van der Waals surface area (Å²) >= 11 is 0. The predicted octanol–water partition coefficient (Wildman–Crippen LogP) is 4.41. The van der Waals surface area contributed by atoms with Crippen LogP contribution in [-0.2, 0) is 14.3 Å². The molecule has 0 saturated carbocycles. The van der Waals surface area contributed by atoms with Gasteiger partial charge < -0.3 is 20.1 Å². The summed E-state index contributed by atoms with van der Waals surface area (Å²) in [6, 6.07) is 15.9. The number of amides is 2. The quantitative estimate of drug-likeness (QED) is 0.603. The lowest BCUT2D eigenvalue weighted by Crippen LogP contribution is -2.41. The van der Waals surface area contributed by atoms with Crippen molar-refractivity contribution in [3.05, 3.63) is 59.7 Å². The van der Waals surface area contributed by atoms with Crippen LogP contribution in [0.3, 0.4) is 0 Å². The highest BCUT2D eigenvalue weighted by Gasteiger charge is 2.44. The number of hydrogen-bond donors (Lipinski definition) is 2. The minimum absolute atomic E-state index is 0.0253. The molecule has 2 aromatic rings. The van der Waals surface area contributed by atoms with Crippen LogP contribution in [0.5, 0.6) is 0 Å². The summed E-state index contributed by atoms with van der Waals surface area (Å²) in [5.41, 5.74) is 3.76. The number of ether oxygens (including phenoxy) is 1. The van der Waals surface area contributed by atoms with Gasteiger partial charge in [-0.3, -0.25) is 9.59 Å². The van der Waals surface area contributed by atoms with Gasteiger partial charge in [-0.05, 0) is 41.5 Å². The monoisotopic (exact) mass is 464 g/mol. The predicted molar refractivity (Wildman–Crippen MR) is 128 cm³/mol. The zero-order valence-corrected chi connectivity index (χ0v) is 19.8. The van der Waals surface area contributed by atoms with Crippen molar-refractivity contribution in [2.75, 3.05) is 19.7 Å². The third-order valence-corrected chi connectivity index (χ3v) is 7.42. The number of nitrogens with one attached hydrogen (secondary N) is 1. The normalized spacial score (nSPS) is 19.9. The molecule has 1 aliphatic carbocycles. The van der Waals surface area contributed by atoms with Gasteiger partial charge in [-0.25, -0.2) is 4.79 Å². The number of aliphatic carboxylic acids is 1. The van der Waals surface area contributed by atoms with E-state index in [1.807, 2.05) is 38.1 Å². The molecule has 2 atom stereocenters. The summed E-state index contributed by atoms with van der Waals surface area (Å²) in [5, 5.41) is 12.4. The van der Waals surface area contributed by atoms with Crippen molar-refractivity contribution in [2.45, 2.75) is 51.5 Å². The first-order valence-corrected chi connectivity index (χ1v) is 12.0. The van der Waals surface area contributed by atoms with Gasteiger partial charge in [0.2, 0.25) is 5.91 Å². The van der Waals surface area contributed by atoms with Crippen molar-refractivity contribution >= 4 is 18.0 Å². The Morgan fingerprint density at radius 1 is 1.09 bits per heavy atom. The highest BCUT2D eigenvalue weighted by molar-refractivity contribution is 5.82. The number of carbonyl (C=O) groups excluding carboxylic acids is 2. The van der Waals surface area contributed by atoms with Crippen LogP contribution in [0, 0.1) is 5.41 Å². The molecule has 0 spiro atoms. The summed E-state index contributed by atoms with van der Waals surface area (Å²) < 4.78 is 5.61. The van der Waals surface area contributed by atoms with Gasteiger partial charge in [-0.15, -0.1) is 0 Å². The lowest BCUT2D eigenvalue weighted by Gasteiger charge is -2.24. The van der Waals surface area contributed by atoms with Crippen LogP contribution >= 0.6 is 0 Å². The molecule has 180 valence electrons. The minimum atomic E-state index is -0.863. The molecule has 34 heavy (non-hydrogen) atoms. The highest BCUT2D eigenvalue weighted by atomic mass is 16.5. The van der Waals surface area contributed by atoms with E-state index in [2.05, 4.69) is 29.6 Å². The molecule has 7 nitrogen and oxygen atoms in total. The van der Waals surface area contributed by atoms with Gasteiger partial charge in [-0.1, -0.05) is 62.4 Å². The zero-order chi connectivity index (χ0) is 24.3. The van der Waals surface area contributed by atoms with E-state index in [-0.39, 0.29) is 37.4 Å². The first kappa shape index (κ1) is 23.8. The third kappa shape index (κ3) is 4.52. The maximum Gasteiger partial charge on any atom is 0.407 e. The van der Waals surface area contributed by atoms with Crippen molar-refractivity contribution in [3.63, 3.8) is 0 Å². The topological polar surface area (TPSA) is 95.9 Å². The Morgan fingerprint density at radius 2 is 1.71 bits per heavy atom. The molecule has 7 heteroatoms. The second-order valence-electron chi connectivity index (χ2n) is 9.28. The molecule has 2 aliphatic rings. The second-order valence-corrected chi connectivity index (χ2v) is 9.28. The number of rotatable bonds is 8. The fourth-order valence-electron chi connectivity index (χ4n) is 5.14. The Kier molecular flexibility index (Phi) is 6.91. The third-order valence-electron chi connectivity index (χ3n) is 7.42. The van der Waals surface area contributed by atoms with Crippen LogP contribution in [0.15, 0.2) is 48.5 Å². The summed E-state index contributed by atoms with van der Waals surface area (Å²) in [7, 11) is 0. The fraction of sp³-hybridized carbons (Fsp3) is 0.444. The number of nitrogens with zero attached hydrogens (tertiary/aromatic N) is 1. The van der Waals surface area contributed by atoms with Crippen LogP contribution < -0.4 is 5.32 Å². The molecular formula is C27H32N2O5. The van der Waals surface area contributed by atoms with Gasteiger partial charge in [-0.2, -0.15) is 0 Å². The fourth-order valence-corrected chi connectivity index (χ4v) is 5.14. The summed E-state index contributed by atoms with van der Waals surface area (Å²) in [5.74, 6) is -1.01. The first-order valence-electron chi connectivity index (χ1n) is 12.0. The van der Waals surface area contributed by atoms with Gasteiger partial charge in [0.15, 0.2) is 0 Å². The number of carboxylic acids is 1. The molecule has 0 aromatic heterocycles. The van der Waals surface area contributed by atoms with Crippen LogP contribution in [0.2, 0.25) is 0 Å². The Morgan fingerprint density at radius 3 is 2.24 bits per heavy atom. The van der Waals surface area contributed by atoms with Crippen molar-refractivity contribution in [1.82, 2.24) is 10.2 Å². The number of alkyl carbamates (subject to hydrolysis) is 1. The molecule has 2 aromatic carbocycles. The van der Waals surface area contributed by atoms with Crippen LogP contribution in [0.1, 0.15) is 56.6 Å². The van der Waals surface area contributed by atoms with Gasteiger partial charge in [0.1, 0.15) is 6.61 Å². The lowest BCUT2D eigenvalue weighted by atomic mass is 9.84. The molecule has 2 amide bonds. The van der Waals surface area contributed by atoms with Crippen molar-refractivity contribution in [3.8, 4) is 11.1 Å². The molecule has 2 N–H and O–H groups in total. The summed E-state index contributed by atoms with van der Waals surface area (Å²) in [6.45, 7) is 4.61. The number of likely N-dealkylation sites (tertiary alicyclic amines) is 1. The average Bonchev–Trinajstić information content (AvgIpc) is 3.43. The minimum Gasteiger partial charge on any atom is -0.481 e. The second kappa shape index (κ2) is 9.87. The van der Waals surface area contributed by atoms with Crippen molar-refractivity contribution in [1.29, 1.82) is 0 Å². The molecular weight excluding hydrogens is 432 g/mol. The Balaban J connectivity index is 1.33. The van der Waals surface area contributed by atoms with E-state index in [1.165, 1.54) is 11.1 Å². The van der Waals surface area contributed by atoms with Gasteiger partial charge in [0.25, 0.3) is 0 Å². The van der Waals surface area contributed by atoms with Gasteiger partial charge in [0.05, 0.1) is 5.41 Å². The smallest absolute Gasteiger partial charge is 0.407 e. The summed E-state index contributed by atoms with van der Waals surface area (Å²) in [4.78, 5) is 38.7. The average molecular weight is 465 g/mol. The number of benzene rings is 2. The number of hydrogen-bond acceptors (Lipinski definition) is 4. The molecule has 1 aliphatic heterocycles. The van der Waals surface area contributed by atoms with E-state index in [1.54, 1.807) is 4.90 Å². The molecule has 0 bridgehead atoms. The van der Waals surface area contributed by atoms with E-state index in [0.29, 0.717) is 25.8 Å². The Bertz CT molecular complexity index is 1040. The van der Waals surface area contributed by atoms with Crippen LogP contribution in [0.4, 0.5) is 4.79 Å². The molecule has 1 saturated heterocycles. The van der Waals surface area contributed by atoms with E-state index in [0.717, 1.165) is 11.1 Å². The summed E-state index contributed by atoms with van der Waals surface area (Å²) in [6.07, 6.45) is 1.10. The molecule has 1 fully saturated rings. The van der Waals surface area contributed by atoms with Crippen LogP contribution in [-0.4, -0.2) is 53.7 Å². The zero-order valence-electron chi connectivity index (χ0n) is 19.8. The molecule has 1 heterocycles. The van der Waals surface area contributed by atoms with Crippen molar-refractivity contribution in [2.24, 2.45) is 5.41 Å². The SMILES string of the molecule is CCC(CC(=O)N1CCC(CC)(C(=O)O)C1)NC(=O)OCC1c2ccccc2-c2ccccc21. The van der Waals surface area contributed by atoms with E-state index in [4.69, 9.17) is 4.74 Å². The Hall–Kier alpha value is -3.35. The number of carbonyl (C=O) groups is 3. The maximum atomic E-state index is 12.8. The van der Waals surface area contributed by atoms with E-state index in [9.17, 15) is 19.5 Å². The van der Waals surface area contributed by atoms with E-state index < -0.39 is 17.5 Å². The number of carboxylic acid groups (broad SMARTS) is 1. The molecule has 0 radical (unpaired) electrons. The standard InChI is InChI=1S/C27H32N2O5/c1-3-18(15-24(30)29-14-13-27(4-2,17-29)25(31)32)28-26(33)34-16-23-21-11-7-5-9-19(21)20-10-6-8-12-22(20)23/h5-12,18,23H,3-4,13-17H2,1-2H3,(H,28,33)(H,31,32). The van der Waals surface area contributed by atoms with Crippen LogP contribution in [0.25, 0.3) is 11.1 Å². The first-order chi connectivity index (χ1) is 16.4. The maximum absolute atomic E-state index is 12.8. The van der Waals surface area contributed by atoms with Gasteiger partial charge in [0, 0.05) is 31.5 Å². The number of fused-ring (bicyclic) bond motifs is 3. The van der Waals surface area contributed by atoms with Crippen molar-refractivity contribution < 1.29 is 24.2 Å². The molecule has 4 rings (SSSR count). The lowest BCUT2D eigenvalue weighted by molar-refractivity contribution is -0.148.